The topological polar surface area (TPSA) is 52.6 Å². The quantitative estimate of drug-likeness (QED) is 0.766. The highest BCUT2D eigenvalue weighted by atomic mass is 16.3. The summed E-state index contributed by atoms with van der Waals surface area (Å²) in [6, 6.07) is 9.26. The molecule has 1 fully saturated rings. The van der Waals surface area contributed by atoms with E-state index in [0.717, 1.165) is 5.56 Å². The number of rotatable bonds is 3. The number of carbonyl (C=O) groups excluding carboxylic acids is 1. The fourth-order valence-electron chi connectivity index (χ4n) is 1.84. The number of hydrogen-bond acceptors (Lipinski definition) is 2. The minimum atomic E-state index is -0.228. The number of amides is 2. The van der Waals surface area contributed by atoms with E-state index in [1.807, 2.05) is 30.3 Å². The second kappa shape index (κ2) is 4.31. The van der Waals surface area contributed by atoms with Gasteiger partial charge < -0.3 is 15.3 Å². The number of nitrogens with zero attached hydrogens (tertiary/aromatic N) is 1. The molecule has 1 atom stereocenters. The summed E-state index contributed by atoms with van der Waals surface area (Å²) in [5, 5.41) is 12.1. The van der Waals surface area contributed by atoms with Crippen LogP contribution in [0.3, 0.4) is 0 Å². The molecule has 2 amide bonds. The molecule has 15 heavy (non-hydrogen) atoms. The van der Waals surface area contributed by atoms with Crippen LogP contribution >= 0.6 is 0 Å². The summed E-state index contributed by atoms with van der Waals surface area (Å²) in [7, 11) is 0. The highest BCUT2D eigenvalue weighted by Crippen LogP contribution is 2.21. The summed E-state index contributed by atoms with van der Waals surface area (Å²) < 4.78 is 0. The molecular weight excluding hydrogens is 192 g/mol. The van der Waals surface area contributed by atoms with Crippen LogP contribution < -0.4 is 5.32 Å². The molecule has 2 rings (SSSR count). The Bertz CT molecular complexity index is 340. The molecule has 0 bridgehead atoms. The Balaban J connectivity index is 2.20. The molecule has 0 radical (unpaired) electrons. The van der Waals surface area contributed by atoms with Crippen LogP contribution in [0.5, 0.6) is 0 Å². The van der Waals surface area contributed by atoms with Gasteiger partial charge in [0.1, 0.15) is 0 Å². The molecule has 2 N–H and O–H groups in total. The van der Waals surface area contributed by atoms with Crippen LogP contribution in [0.4, 0.5) is 4.79 Å². The maximum absolute atomic E-state index is 11.5. The molecule has 80 valence electrons. The Morgan fingerprint density at radius 1 is 1.40 bits per heavy atom. The Labute approximate surface area is 88.5 Å². The molecule has 0 spiro atoms. The van der Waals surface area contributed by atoms with E-state index < -0.39 is 0 Å². The summed E-state index contributed by atoms with van der Waals surface area (Å²) in [5.74, 6) is 0. The van der Waals surface area contributed by atoms with Crippen molar-refractivity contribution in [3.8, 4) is 0 Å². The van der Waals surface area contributed by atoms with Crippen molar-refractivity contribution in [1.29, 1.82) is 0 Å². The molecule has 0 aromatic heterocycles. The van der Waals surface area contributed by atoms with Gasteiger partial charge in [0.2, 0.25) is 0 Å². The van der Waals surface area contributed by atoms with E-state index in [1.54, 1.807) is 4.90 Å². The van der Waals surface area contributed by atoms with Crippen molar-refractivity contribution in [2.75, 3.05) is 19.7 Å². The number of aliphatic hydroxyl groups excluding tert-OH is 1. The lowest BCUT2D eigenvalue weighted by Gasteiger charge is -2.25. The third kappa shape index (κ3) is 1.94. The number of aliphatic hydroxyl groups is 1. The first-order valence-corrected chi connectivity index (χ1v) is 5.03. The second-order valence-electron chi connectivity index (χ2n) is 3.53. The molecule has 4 nitrogen and oxygen atoms in total. The maximum Gasteiger partial charge on any atom is 0.318 e. The SMILES string of the molecule is O=C1NCCN1[C@H](CO)c1ccccc1. The van der Waals surface area contributed by atoms with Gasteiger partial charge in [-0.3, -0.25) is 0 Å². The van der Waals surface area contributed by atoms with Crippen molar-refractivity contribution >= 4 is 6.03 Å². The van der Waals surface area contributed by atoms with Crippen LogP contribution in [0.15, 0.2) is 30.3 Å². The van der Waals surface area contributed by atoms with Gasteiger partial charge in [-0.25, -0.2) is 4.79 Å². The largest absolute Gasteiger partial charge is 0.394 e. The lowest BCUT2D eigenvalue weighted by Crippen LogP contribution is -2.34. The average Bonchev–Trinajstić information content (AvgIpc) is 2.68. The van der Waals surface area contributed by atoms with Crippen LogP contribution in [0.2, 0.25) is 0 Å². The van der Waals surface area contributed by atoms with Crippen LogP contribution in [-0.4, -0.2) is 35.7 Å². The van der Waals surface area contributed by atoms with E-state index in [-0.39, 0.29) is 18.7 Å². The van der Waals surface area contributed by atoms with Crippen LogP contribution in [-0.2, 0) is 0 Å². The summed E-state index contributed by atoms with van der Waals surface area (Å²) in [5.41, 5.74) is 0.969. The first kappa shape index (κ1) is 9.98. The first-order chi connectivity index (χ1) is 7.33. The van der Waals surface area contributed by atoms with E-state index >= 15 is 0 Å². The Kier molecular flexibility index (Phi) is 2.87. The Morgan fingerprint density at radius 3 is 2.67 bits per heavy atom. The minimum Gasteiger partial charge on any atom is -0.394 e. The van der Waals surface area contributed by atoms with E-state index in [2.05, 4.69) is 5.32 Å². The van der Waals surface area contributed by atoms with E-state index in [4.69, 9.17) is 0 Å². The molecule has 1 aliphatic heterocycles. The maximum atomic E-state index is 11.5. The van der Waals surface area contributed by atoms with Gasteiger partial charge in [-0.05, 0) is 5.56 Å². The van der Waals surface area contributed by atoms with Gasteiger partial charge >= 0.3 is 6.03 Å². The second-order valence-corrected chi connectivity index (χ2v) is 3.53. The molecule has 1 aromatic rings. The predicted octanol–water partition coefficient (Wildman–Crippen LogP) is 0.745. The van der Waals surface area contributed by atoms with Gasteiger partial charge in [-0.2, -0.15) is 0 Å². The van der Waals surface area contributed by atoms with Crippen LogP contribution in [0.1, 0.15) is 11.6 Å². The van der Waals surface area contributed by atoms with Gasteiger partial charge in [0, 0.05) is 13.1 Å². The fourth-order valence-corrected chi connectivity index (χ4v) is 1.84. The van der Waals surface area contributed by atoms with Crippen LogP contribution in [0.25, 0.3) is 0 Å². The van der Waals surface area contributed by atoms with Gasteiger partial charge in [-0.1, -0.05) is 30.3 Å². The summed E-state index contributed by atoms with van der Waals surface area (Å²) in [6.07, 6.45) is 0. The number of benzene rings is 1. The zero-order valence-electron chi connectivity index (χ0n) is 8.39. The molecule has 1 aliphatic rings. The lowest BCUT2D eigenvalue weighted by atomic mass is 10.1. The predicted molar refractivity (Wildman–Crippen MR) is 56.4 cm³/mol. The third-order valence-corrected chi connectivity index (χ3v) is 2.62. The average molecular weight is 206 g/mol. The number of carbonyl (C=O) groups is 1. The summed E-state index contributed by atoms with van der Waals surface area (Å²) >= 11 is 0. The molecule has 0 unspecified atom stereocenters. The van der Waals surface area contributed by atoms with Crippen molar-refractivity contribution in [1.82, 2.24) is 10.2 Å². The highest BCUT2D eigenvalue weighted by Gasteiger charge is 2.27. The fraction of sp³-hybridized carbons (Fsp3) is 0.364. The third-order valence-electron chi connectivity index (χ3n) is 2.62. The molecular formula is C11H14N2O2. The van der Waals surface area contributed by atoms with E-state index in [9.17, 15) is 9.90 Å². The Morgan fingerprint density at radius 2 is 2.13 bits per heavy atom. The summed E-state index contributed by atoms with van der Waals surface area (Å²) in [6.45, 7) is 1.26. The van der Waals surface area contributed by atoms with Gasteiger partial charge in [0.15, 0.2) is 0 Å². The molecule has 1 heterocycles. The van der Waals surface area contributed by atoms with E-state index in [0.29, 0.717) is 13.1 Å². The number of urea groups is 1. The van der Waals surface area contributed by atoms with Gasteiger partial charge in [0.05, 0.1) is 12.6 Å². The van der Waals surface area contributed by atoms with E-state index in [1.165, 1.54) is 0 Å². The Hall–Kier alpha value is -1.55. The molecule has 1 saturated heterocycles. The van der Waals surface area contributed by atoms with Crippen molar-refractivity contribution in [3.05, 3.63) is 35.9 Å². The monoisotopic (exact) mass is 206 g/mol. The first-order valence-electron chi connectivity index (χ1n) is 5.03. The van der Waals surface area contributed by atoms with Crippen molar-refractivity contribution in [2.45, 2.75) is 6.04 Å². The summed E-state index contributed by atoms with van der Waals surface area (Å²) in [4.78, 5) is 13.1. The van der Waals surface area contributed by atoms with Gasteiger partial charge in [-0.15, -0.1) is 0 Å². The van der Waals surface area contributed by atoms with Crippen molar-refractivity contribution in [2.24, 2.45) is 0 Å². The standard InChI is InChI=1S/C11H14N2O2/c14-8-10(9-4-2-1-3-5-9)13-7-6-12-11(13)15/h1-5,10,14H,6-8H2,(H,12,15)/t10-/m1/s1. The minimum absolute atomic E-state index is 0.0442. The lowest BCUT2D eigenvalue weighted by molar-refractivity contribution is 0.152. The molecule has 0 aliphatic carbocycles. The number of nitrogens with one attached hydrogen (secondary N) is 1. The molecule has 4 heteroatoms. The van der Waals surface area contributed by atoms with Gasteiger partial charge in [0.25, 0.3) is 0 Å². The highest BCUT2D eigenvalue weighted by molar-refractivity contribution is 5.76. The zero-order valence-corrected chi connectivity index (χ0v) is 8.39. The zero-order chi connectivity index (χ0) is 10.7. The molecule has 0 saturated carbocycles. The van der Waals surface area contributed by atoms with Crippen molar-refractivity contribution in [3.63, 3.8) is 0 Å². The van der Waals surface area contributed by atoms with Crippen LogP contribution in [0, 0.1) is 0 Å². The van der Waals surface area contributed by atoms with Crippen molar-refractivity contribution < 1.29 is 9.90 Å². The smallest absolute Gasteiger partial charge is 0.318 e. The molecule has 1 aromatic carbocycles. The normalized spacial score (nSPS) is 17.7. The number of hydrogen-bond donors (Lipinski definition) is 2.